The molecular formula is C59H109NO18. The molecule has 17 unspecified atom stereocenters. The lowest BCUT2D eigenvalue weighted by molar-refractivity contribution is -0.379. The molecule has 3 aliphatic rings. The van der Waals surface area contributed by atoms with Crippen LogP contribution in [0.1, 0.15) is 213 Å². The number of carbonyl (C=O) groups is 1. The Hall–Kier alpha value is -1.73. The van der Waals surface area contributed by atoms with Crippen molar-refractivity contribution >= 4 is 5.91 Å². The van der Waals surface area contributed by atoms with E-state index >= 15 is 0 Å². The van der Waals surface area contributed by atoms with Crippen LogP contribution in [-0.4, -0.2) is 193 Å². The second-order valence-electron chi connectivity index (χ2n) is 22.2. The lowest BCUT2D eigenvalue weighted by Gasteiger charge is -2.48. The standard InChI is InChI=1S/C59H109NO18/c1-3-5-7-9-11-13-14-15-16-17-18-19-20-21-22-23-24-25-26-27-28-29-30-32-34-36-43(64)42(60-47(65)37-35-33-31-12-10-8-6-4-2)41-73-57-53(71)50(68)55(45(39-62)75-57)78-59-54(72)51(69)56(46(40-63)76-59)77-58-52(70)49(67)48(66)44(38-61)74-58/h28-29,34,36,42-46,48-59,61-64,66-72H,3-27,30-33,35,37-41H2,1-2H3,(H,60,65)/b29-28+,36-34+. The van der Waals surface area contributed by atoms with Gasteiger partial charge in [-0.25, -0.2) is 0 Å². The Labute approximate surface area is 467 Å². The van der Waals surface area contributed by atoms with Crippen molar-refractivity contribution in [2.24, 2.45) is 0 Å². The van der Waals surface area contributed by atoms with Gasteiger partial charge in [-0.3, -0.25) is 4.79 Å². The normalized spacial score (nSPS) is 30.6. The van der Waals surface area contributed by atoms with E-state index < -0.39 is 124 Å². The van der Waals surface area contributed by atoms with Crippen LogP contribution < -0.4 is 5.32 Å². The smallest absolute Gasteiger partial charge is 0.220 e. The summed E-state index contributed by atoms with van der Waals surface area (Å²) in [5.41, 5.74) is 0. The molecular weight excluding hydrogens is 1010 g/mol. The van der Waals surface area contributed by atoms with Crippen molar-refractivity contribution in [2.75, 3.05) is 26.4 Å². The monoisotopic (exact) mass is 1120 g/mol. The third kappa shape index (κ3) is 26.7. The van der Waals surface area contributed by atoms with E-state index in [1.54, 1.807) is 6.08 Å². The third-order valence-corrected chi connectivity index (χ3v) is 15.5. The molecule has 78 heavy (non-hydrogen) atoms. The second kappa shape index (κ2) is 43.0. The molecule has 17 atom stereocenters. The predicted octanol–water partition coefficient (Wildman–Crippen LogP) is 5.54. The number of unbranched alkanes of at least 4 members (excludes halogenated alkanes) is 27. The van der Waals surface area contributed by atoms with Gasteiger partial charge in [0.25, 0.3) is 0 Å². The molecule has 0 aromatic carbocycles. The Balaban J connectivity index is 1.44. The number of amides is 1. The van der Waals surface area contributed by atoms with Crippen molar-refractivity contribution in [1.29, 1.82) is 0 Å². The van der Waals surface area contributed by atoms with E-state index in [9.17, 15) is 61.0 Å². The van der Waals surface area contributed by atoms with E-state index in [2.05, 4.69) is 31.3 Å². The molecule has 3 aliphatic heterocycles. The van der Waals surface area contributed by atoms with E-state index in [0.29, 0.717) is 12.8 Å². The van der Waals surface area contributed by atoms with Crippen LogP contribution in [0.3, 0.4) is 0 Å². The van der Waals surface area contributed by atoms with Crippen LogP contribution in [0, 0.1) is 0 Å². The fraction of sp³-hybridized carbons (Fsp3) is 0.915. The highest BCUT2D eigenvalue weighted by Gasteiger charge is 2.53. The molecule has 19 heteroatoms. The minimum Gasteiger partial charge on any atom is -0.394 e. The molecule has 3 saturated heterocycles. The molecule has 458 valence electrons. The van der Waals surface area contributed by atoms with Crippen LogP contribution in [0.25, 0.3) is 0 Å². The van der Waals surface area contributed by atoms with Gasteiger partial charge in [-0.2, -0.15) is 0 Å². The average molecular weight is 1120 g/mol. The lowest BCUT2D eigenvalue weighted by atomic mass is 9.96. The number of aliphatic hydroxyl groups is 11. The molecule has 3 fully saturated rings. The number of hydrogen-bond donors (Lipinski definition) is 12. The maximum Gasteiger partial charge on any atom is 0.220 e. The fourth-order valence-corrected chi connectivity index (χ4v) is 10.4. The Morgan fingerprint density at radius 1 is 0.449 bits per heavy atom. The van der Waals surface area contributed by atoms with Crippen LogP contribution >= 0.6 is 0 Å². The van der Waals surface area contributed by atoms with Gasteiger partial charge in [0.05, 0.1) is 38.6 Å². The van der Waals surface area contributed by atoms with E-state index in [-0.39, 0.29) is 18.9 Å². The number of aliphatic hydroxyl groups excluding tert-OH is 11. The molecule has 0 aromatic rings. The van der Waals surface area contributed by atoms with Crippen LogP contribution in [0.5, 0.6) is 0 Å². The first-order chi connectivity index (χ1) is 37.8. The SMILES string of the molecule is CCCCCCCCCCCCCCCCCCCCC/C=C/CC/C=C/C(O)C(COC1OC(CO)C(OC2OC(CO)C(OC3OC(CO)C(O)C(O)C3O)C(O)C2O)C(O)C1O)NC(=O)CCCCCCCCCC. The van der Waals surface area contributed by atoms with Crippen LogP contribution in [0.2, 0.25) is 0 Å². The zero-order valence-electron chi connectivity index (χ0n) is 47.7. The minimum atomic E-state index is -1.98. The molecule has 0 radical (unpaired) electrons. The number of ether oxygens (including phenoxy) is 6. The van der Waals surface area contributed by atoms with Crippen molar-refractivity contribution in [3.05, 3.63) is 24.3 Å². The summed E-state index contributed by atoms with van der Waals surface area (Å²) in [7, 11) is 0. The van der Waals surface area contributed by atoms with Gasteiger partial charge in [-0.05, 0) is 32.1 Å². The maximum atomic E-state index is 13.2. The Bertz CT molecular complexity index is 1530. The summed E-state index contributed by atoms with van der Waals surface area (Å²) < 4.78 is 34.2. The first kappa shape index (κ1) is 70.5. The Morgan fingerprint density at radius 3 is 1.28 bits per heavy atom. The molecule has 12 N–H and O–H groups in total. The van der Waals surface area contributed by atoms with Crippen LogP contribution in [0.4, 0.5) is 0 Å². The summed E-state index contributed by atoms with van der Waals surface area (Å²) in [5.74, 6) is -0.290. The first-order valence-corrected chi connectivity index (χ1v) is 30.6. The molecule has 3 rings (SSSR count). The first-order valence-electron chi connectivity index (χ1n) is 30.6. The molecule has 1 amide bonds. The van der Waals surface area contributed by atoms with E-state index in [0.717, 1.165) is 44.9 Å². The molecule has 0 spiro atoms. The second-order valence-corrected chi connectivity index (χ2v) is 22.2. The van der Waals surface area contributed by atoms with Crippen molar-refractivity contribution < 1.29 is 89.4 Å². The number of rotatable bonds is 45. The van der Waals surface area contributed by atoms with Gasteiger partial charge < -0.3 is 89.9 Å². The predicted molar refractivity (Wildman–Crippen MR) is 296 cm³/mol. The highest BCUT2D eigenvalue weighted by atomic mass is 16.8. The van der Waals surface area contributed by atoms with Crippen molar-refractivity contribution in [1.82, 2.24) is 5.32 Å². The van der Waals surface area contributed by atoms with E-state index in [4.69, 9.17) is 28.4 Å². The van der Waals surface area contributed by atoms with Gasteiger partial charge in [0.15, 0.2) is 18.9 Å². The minimum absolute atomic E-state index is 0.237. The summed E-state index contributed by atoms with van der Waals surface area (Å²) in [4.78, 5) is 13.2. The Kier molecular flexibility index (Phi) is 38.9. The Morgan fingerprint density at radius 2 is 0.821 bits per heavy atom. The summed E-state index contributed by atoms with van der Waals surface area (Å²) in [5, 5.41) is 120. The average Bonchev–Trinajstić information content (AvgIpc) is 3.46. The van der Waals surface area contributed by atoms with Gasteiger partial charge in [0.1, 0.15) is 73.2 Å². The summed E-state index contributed by atoms with van der Waals surface area (Å²) in [6.07, 6.45) is 17.8. The van der Waals surface area contributed by atoms with Gasteiger partial charge in [-0.1, -0.05) is 199 Å². The molecule has 0 bridgehead atoms. The molecule has 0 aliphatic carbocycles. The molecule has 0 aromatic heterocycles. The number of hydrogen-bond acceptors (Lipinski definition) is 18. The number of nitrogens with one attached hydrogen (secondary N) is 1. The third-order valence-electron chi connectivity index (χ3n) is 15.5. The highest BCUT2D eigenvalue weighted by Crippen LogP contribution is 2.33. The highest BCUT2D eigenvalue weighted by molar-refractivity contribution is 5.76. The van der Waals surface area contributed by atoms with E-state index in [1.165, 1.54) is 135 Å². The van der Waals surface area contributed by atoms with Crippen molar-refractivity contribution in [2.45, 2.75) is 317 Å². The molecule has 19 nitrogen and oxygen atoms in total. The maximum absolute atomic E-state index is 13.2. The lowest BCUT2D eigenvalue weighted by Crippen LogP contribution is -2.66. The quantitative estimate of drug-likeness (QED) is 0.0263. The summed E-state index contributed by atoms with van der Waals surface area (Å²) in [6.45, 7) is 1.66. The largest absolute Gasteiger partial charge is 0.394 e. The van der Waals surface area contributed by atoms with Gasteiger partial charge in [0, 0.05) is 6.42 Å². The van der Waals surface area contributed by atoms with Crippen molar-refractivity contribution in [3.8, 4) is 0 Å². The van der Waals surface area contributed by atoms with Crippen LogP contribution in [-0.2, 0) is 33.2 Å². The van der Waals surface area contributed by atoms with Gasteiger partial charge in [-0.15, -0.1) is 0 Å². The van der Waals surface area contributed by atoms with Crippen molar-refractivity contribution in [3.63, 3.8) is 0 Å². The summed E-state index contributed by atoms with van der Waals surface area (Å²) in [6, 6.07) is -0.983. The van der Waals surface area contributed by atoms with Gasteiger partial charge >= 0.3 is 0 Å². The number of carbonyl (C=O) groups excluding carboxylic acids is 1. The summed E-state index contributed by atoms with van der Waals surface area (Å²) >= 11 is 0. The number of allylic oxidation sites excluding steroid dienone is 3. The zero-order chi connectivity index (χ0) is 56.9. The fourth-order valence-electron chi connectivity index (χ4n) is 10.4. The topological polar surface area (TPSA) is 307 Å². The molecule has 0 saturated carbocycles. The molecule has 3 heterocycles. The van der Waals surface area contributed by atoms with E-state index in [1.807, 2.05) is 6.08 Å². The zero-order valence-corrected chi connectivity index (χ0v) is 47.7. The van der Waals surface area contributed by atoms with Gasteiger partial charge in [0.2, 0.25) is 5.91 Å². The van der Waals surface area contributed by atoms with Crippen LogP contribution in [0.15, 0.2) is 24.3 Å².